The summed E-state index contributed by atoms with van der Waals surface area (Å²) in [7, 11) is -3.53. The standard InChI is InChI=1S/C21H27FN2O4S/c1-16(2)28-20-12-6-17(7-13-20)15-23-21(25)5-4-14-24(29(3,26)27)19-10-8-18(22)9-11-19/h6-13,16H,4-5,14-15H2,1-3H3,(H,23,25). The van der Waals surface area contributed by atoms with Crippen molar-refractivity contribution in [3.05, 3.63) is 59.9 Å². The van der Waals surface area contributed by atoms with E-state index in [9.17, 15) is 17.6 Å². The van der Waals surface area contributed by atoms with Crippen molar-refractivity contribution in [2.45, 2.75) is 39.3 Å². The number of benzene rings is 2. The molecule has 0 aliphatic rings. The molecular formula is C21H27FN2O4S. The van der Waals surface area contributed by atoms with Crippen LogP contribution in [-0.2, 0) is 21.4 Å². The summed E-state index contributed by atoms with van der Waals surface area (Å²) in [6.07, 6.45) is 1.71. The molecule has 0 heterocycles. The highest BCUT2D eigenvalue weighted by molar-refractivity contribution is 7.92. The number of nitrogens with one attached hydrogen (secondary N) is 1. The van der Waals surface area contributed by atoms with Crippen LogP contribution in [-0.4, -0.2) is 33.2 Å². The van der Waals surface area contributed by atoms with Crippen LogP contribution in [0.15, 0.2) is 48.5 Å². The van der Waals surface area contributed by atoms with Gasteiger partial charge in [0.15, 0.2) is 0 Å². The van der Waals surface area contributed by atoms with Crippen LogP contribution in [0, 0.1) is 5.82 Å². The zero-order valence-electron chi connectivity index (χ0n) is 16.9. The Hall–Kier alpha value is -2.61. The van der Waals surface area contributed by atoms with E-state index in [4.69, 9.17) is 4.74 Å². The largest absolute Gasteiger partial charge is 0.491 e. The monoisotopic (exact) mass is 422 g/mol. The number of nitrogens with zero attached hydrogens (tertiary/aromatic N) is 1. The number of ether oxygens (including phenoxy) is 1. The number of halogens is 1. The molecule has 0 unspecified atom stereocenters. The van der Waals surface area contributed by atoms with Gasteiger partial charge in [0.2, 0.25) is 15.9 Å². The second-order valence-corrected chi connectivity index (χ2v) is 8.91. The van der Waals surface area contributed by atoms with Crippen molar-refractivity contribution in [2.75, 3.05) is 17.1 Å². The van der Waals surface area contributed by atoms with E-state index < -0.39 is 15.8 Å². The molecule has 2 aromatic rings. The lowest BCUT2D eigenvalue weighted by atomic mass is 10.2. The summed E-state index contributed by atoms with van der Waals surface area (Å²) in [5.41, 5.74) is 1.32. The average molecular weight is 423 g/mol. The molecule has 2 aromatic carbocycles. The molecule has 29 heavy (non-hydrogen) atoms. The van der Waals surface area contributed by atoms with Crippen LogP contribution >= 0.6 is 0 Å². The van der Waals surface area contributed by atoms with Gasteiger partial charge in [0, 0.05) is 19.5 Å². The van der Waals surface area contributed by atoms with Gasteiger partial charge in [0.25, 0.3) is 0 Å². The third-order valence-corrected chi connectivity index (χ3v) is 5.26. The first-order chi connectivity index (χ1) is 13.6. The molecule has 8 heteroatoms. The molecular weight excluding hydrogens is 395 g/mol. The smallest absolute Gasteiger partial charge is 0.232 e. The molecule has 1 amide bonds. The van der Waals surface area contributed by atoms with Crippen molar-refractivity contribution in [3.63, 3.8) is 0 Å². The van der Waals surface area contributed by atoms with Crippen LogP contribution in [0.5, 0.6) is 5.75 Å². The predicted molar refractivity (Wildman–Crippen MR) is 112 cm³/mol. The van der Waals surface area contributed by atoms with Crippen molar-refractivity contribution >= 4 is 21.6 Å². The Morgan fingerprint density at radius 3 is 2.28 bits per heavy atom. The number of amides is 1. The fourth-order valence-electron chi connectivity index (χ4n) is 2.72. The van der Waals surface area contributed by atoms with Crippen LogP contribution in [0.25, 0.3) is 0 Å². The molecule has 0 saturated carbocycles. The van der Waals surface area contributed by atoms with E-state index in [1.54, 1.807) is 0 Å². The SMILES string of the molecule is CC(C)Oc1ccc(CNC(=O)CCCN(c2ccc(F)cc2)S(C)(=O)=O)cc1. The fraction of sp³-hybridized carbons (Fsp3) is 0.381. The zero-order chi connectivity index (χ0) is 21.4. The predicted octanol–water partition coefficient (Wildman–Crippen LogP) is 3.48. The highest BCUT2D eigenvalue weighted by atomic mass is 32.2. The van der Waals surface area contributed by atoms with Gasteiger partial charge in [-0.2, -0.15) is 0 Å². The minimum absolute atomic E-state index is 0.0990. The molecule has 0 aliphatic heterocycles. The molecule has 0 atom stereocenters. The van der Waals surface area contributed by atoms with Crippen LogP contribution in [0.4, 0.5) is 10.1 Å². The van der Waals surface area contributed by atoms with Gasteiger partial charge in [-0.15, -0.1) is 0 Å². The minimum Gasteiger partial charge on any atom is -0.491 e. The third kappa shape index (κ3) is 7.73. The Balaban J connectivity index is 1.82. The molecule has 1 N–H and O–H groups in total. The summed E-state index contributed by atoms with van der Waals surface area (Å²) in [6, 6.07) is 12.7. The molecule has 0 aromatic heterocycles. The number of hydrogen-bond acceptors (Lipinski definition) is 4. The average Bonchev–Trinajstić information content (AvgIpc) is 2.64. The van der Waals surface area contributed by atoms with Gasteiger partial charge in [0.05, 0.1) is 18.0 Å². The highest BCUT2D eigenvalue weighted by Crippen LogP contribution is 2.19. The lowest BCUT2D eigenvalue weighted by Gasteiger charge is -2.22. The summed E-state index contributed by atoms with van der Waals surface area (Å²) >= 11 is 0. The van der Waals surface area contributed by atoms with Crippen molar-refractivity contribution in [1.82, 2.24) is 5.32 Å². The summed E-state index contributed by atoms with van der Waals surface area (Å²) in [5.74, 6) is 0.169. The zero-order valence-corrected chi connectivity index (χ0v) is 17.7. The molecule has 158 valence electrons. The van der Waals surface area contributed by atoms with Gasteiger partial charge >= 0.3 is 0 Å². The fourth-order valence-corrected chi connectivity index (χ4v) is 3.69. The normalized spacial score (nSPS) is 11.3. The van der Waals surface area contributed by atoms with Gasteiger partial charge in [-0.1, -0.05) is 12.1 Å². The number of carbonyl (C=O) groups excluding carboxylic acids is 1. The van der Waals surface area contributed by atoms with Crippen molar-refractivity contribution in [1.29, 1.82) is 0 Å². The Morgan fingerprint density at radius 2 is 1.72 bits per heavy atom. The van der Waals surface area contributed by atoms with E-state index in [0.717, 1.165) is 17.6 Å². The summed E-state index contributed by atoms with van der Waals surface area (Å²) in [5, 5.41) is 2.82. The summed E-state index contributed by atoms with van der Waals surface area (Å²) in [4.78, 5) is 12.1. The van der Waals surface area contributed by atoms with Crippen LogP contribution in [0.2, 0.25) is 0 Å². The van der Waals surface area contributed by atoms with Crippen molar-refractivity contribution in [2.24, 2.45) is 0 Å². The Kier molecular flexibility index (Phi) is 8.01. The van der Waals surface area contributed by atoms with Gasteiger partial charge < -0.3 is 10.1 Å². The first-order valence-corrected chi connectivity index (χ1v) is 11.3. The molecule has 0 radical (unpaired) electrons. The Bertz CT molecular complexity index is 897. The van der Waals surface area contributed by atoms with Gasteiger partial charge in [-0.05, 0) is 62.2 Å². The quantitative estimate of drug-likeness (QED) is 0.636. The maximum Gasteiger partial charge on any atom is 0.232 e. The maximum atomic E-state index is 13.1. The molecule has 0 bridgehead atoms. The summed E-state index contributed by atoms with van der Waals surface area (Å²) in [6.45, 7) is 4.43. The lowest BCUT2D eigenvalue weighted by molar-refractivity contribution is -0.121. The van der Waals surface area contributed by atoms with Crippen molar-refractivity contribution in [3.8, 4) is 5.75 Å². The summed E-state index contributed by atoms with van der Waals surface area (Å²) < 4.78 is 43.9. The van der Waals surface area contributed by atoms with Crippen LogP contribution in [0.1, 0.15) is 32.3 Å². The topological polar surface area (TPSA) is 75.7 Å². The number of sulfonamides is 1. The molecule has 2 rings (SSSR count). The lowest BCUT2D eigenvalue weighted by Crippen LogP contribution is -2.32. The van der Waals surface area contributed by atoms with E-state index >= 15 is 0 Å². The first-order valence-electron chi connectivity index (χ1n) is 9.41. The highest BCUT2D eigenvalue weighted by Gasteiger charge is 2.17. The van der Waals surface area contributed by atoms with E-state index in [-0.39, 0.29) is 25.0 Å². The molecule has 0 spiro atoms. The molecule has 6 nitrogen and oxygen atoms in total. The number of hydrogen-bond donors (Lipinski definition) is 1. The van der Waals surface area contributed by atoms with Gasteiger partial charge in [-0.25, -0.2) is 12.8 Å². The molecule has 0 fully saturated rings. The Morgan fingerprint density at radius 1 is 1.10 bits per heavy atom. The number of carbonyl (C=O) groups is 1. The number of anilines is 1. The number of rotatable bonds is 10. The maximum absolute atomic E-state index is 13.1. The van der Waals surface area contributed by atoms with Crippen LogP contribution < -0.4 is 14.4 Å². The van der Waals surface area contributed by atoms with E-state index in [1.807, 2.05) is 38.1 Å². The van der Waals surface area contributed by atoms with Gasteiger partial charge in [0.1, 0.15) is 11.6 Å². The van der Waals surface area contributed by atoms with E-state index in [0.29, 0.717) is 18.7 Å². The second-order valence-electron chi connectivity index (χ2n) is 7.00. The molecule has 0 saturated heterocycles. The van der Waals surface area contributed by atoms with Crippen LogP contribution in [0.3, 0.4) is 0 Å². The third-order valence-electron chi connectivity index (χ3n) is 4.06. The molecule has 0 aliphatic carbocycles. The first kappa shape index (κ1) is 22.7. The van der Waals surface area contributed by atoms with E-state index in [2.05, 4.69) is 5.32 Å². The second kappa shape index (κ2) is 10.2. The Labute approximate surface area is 171 Å². The van der Waals surface area contributed by atoms with Gasteiger partial charge in [-0.3, -0.25) is 9.10 Å². The van der Waals surface area contributed by atoms with Crippen molar-refractivity contribution < 1.29 is 22.3 Å². The van der Waals surface area contributed by atoms with E-state index in [1.165, 1.54) is 28.6 Å². The minimum atomic E-state index is -3.53.